The van der Waals surface area contributed by atoms with Crippen LogP contribution in [0.25, 0.3) is 0 Å². The standard InChI is InChI=1S/C14H22N2O3S/c1-11(9-10-19-2)15-13-5-3-4-6-14(13)20(17,18)16-12-7-8-12/h3-6,11-12,15-16H,7-10H2,1-2H3. The molecule has 5 nitrogen and oxygen atoms in total. The minimum absolute atomic E-state index is 0.110. The summed E-state index contributed by atoms with van der Waals surface area (Å²) in [5, 5.41) is 3.25. The first kappa shape index (κ1) is 15.3. The summed E-state index contributed by atoms with van der Waals surface area (Å²) in [6.07, 6.45) is 2.68. The van der Waals surface area contributed by atoms with Gasteiger partial charge in [0.15, 0.2) is 0 Å². The Balaban J connectivity index is 2.12. The number of rotatable bonds is 8. The van der Waals surface area contributed by atoms with Crippen LogP contribution in [0, 0.1) is 0 Å². The van der Waals surface area contributed by atoms with Gasteiger partial charge in [0.05, 0.1) is 5.69 Å². The van der Waals surface area contributed by atoms with Crippen LogP contribution in [-0.2, 0) is 14.8 Å². The van der Waals surface area contributed by atoms with Gasteiger partial charge in [-0.25, -0.2) is 13.1 Å². The highest BCUT2D eigenvalue weighted by molar-refractivity contribution is 7.89. The van der Waals surface area contributed by atoms with Crippen LogP contribution in [0.3, 0.4) is 0 Å². The van der Waals surface area contributed by atoms with E-state index in [1.165, 1.54) is 0 Å². The number of para-hydroxylation sites is 1. The maximum Gasteiger partial charge on any atom is 0.242 e. The van der Waals surface area contributed by atoms with Crippen LogP contribution in [0.4, 0.5) is 5.69 Å². The zero-order chi connectivity index (χ0) is 14.6. The maximum absolute atomic E-state index is 12.3. The second kappa shape index (κ2) is 6.56. The van der Waals surface area contributed by atoms with Crippen molar-refractivity contribution in [1.82, 2.24) is 4.72 Å². The molecule has 112 valence electrons. The lowest BCUT2D eigenvalue weighted by Crippen LogP contribution is -2.27. The van der Waals surface area contributed by atoms with E-state index < -0.39 is 10.0 Å². The van der Waals surface area contributed by atoms with Crippen LogP contribution in [-0.4, -0.2) is 34.2 Å². The van der Waals surface area contributed by atoms with Crippen LogP contribution < -0.4 is 10.0 Å². The predicted octanol–water partition coefficient (Wildman–Crippen LogP) is 1.96. The van der Waals surface area contributed by atoms with Crippen molar-refractivity contribution in [3.05, 3.63) is 24.3 Å². The van der Waals surface area contributed by atoms with Crippen molar-refractivity contribution >= 4 is 15.7 Å². The first-order valence-electron chi connectivity index (χ1n) is 6.90. The summed E-state index contributed by atoms with van der Waals surface area (Å²) in [5.74, 6) is 0. The minimum atomic E-state index is -3.44. The SMILES string of the molecule is COCCC(C)Nc1ccccc1S(=O)(=O)NC1CC1. The van der Waals surface area contributed by atoms with Gasteiger partial charge in [-0.1, -0.05) is 12.1 Å². The molecule has 0 aromatic heterocycles. The van der Waals surface area contributed by atoms with Gasteiger partial charge in [0, 0.05) is 25.8 Å². The molecule has 0 spiro atoms. The van der Waals surface area contributed by atoms with Crippen molar-refractivity contribution in [3.63, 3.8) is 0 Å². The first-order valence-corrected chi connectivity index (χ1v) is 8.38. The van der Waals surface area contributed by atoms with Crippen molar-refractivity contribution in [2.75, 3.05) is 19.0 Å². The van der Waals surface area contributed by atoms with E-state index >= 15 is 0 Å². The molecular formula is C14H22N2O3S. The highest BCUT2D eigenvalue weighted by Crippen LogP contribution is 2.26. The van der Waals surface area contributed by atoms with E-state index in [1.54, 1.807) is 25.3 Å². The van der Waals surface area contributed by atoms with E-state index in [-0.39, 0.29) is 12.1 Å². The molecular weight excluding hydrogens is 276 g/mol. The van der Waals surface area contributed by atoms with Crippen molar-refractivity contribution in [3.8, 4) is 0 Å². The Labute approximate surface area is 120 Å². The number of hydrogen-bond donors (Lipinski definition) is 2. The van der Waals surface area contributed by atoms with Gasteiger partial charge >= 0.3 is 0 Å². The molecule has 0 bridgehead atoms. The van der Waals surface area contributed by atoms with Gasteiger partial charge in [0.1, 0.15) is 4.90 Å². The van der Waals surface area contributed by atoms with Gasteiger partial charge < -0.3 is 10.1 Å². The molecule has 0 radical (unpaired) electrons. The second-order valence-electron chi connectivity index (χ2n) is 5.22. The topological polar surface area (TPSA) is 67.4 Å². The van der Waals surface area contributed by atoms with E-state index in [9.17, 15) is 8.42 Å². The number of hydrogen-bond acceptors (Lipinski definition) is 4. The number of benzene rings is 1. The third-order valence-electron chi connectivity index (χ3n) is 3.23. The lowest BCUT2D eigenvalue weighted by Gasteiger charge is -2.18. The Morgan fingerprint density at radius 2 is 2.05 bits per heavy atom. The summed E-state index contributed by atoms with van der Waals surface area (Å²) in [5.41, 5.74) is 0.643. The van der Waals surface area contributed by atoms with E-state index in [0.717, 1.165) is 19.3 Å². The second-order valence-corrected chi connectivity index (χ2v) is 6.90. The van der Waals surface area contributed by atoms with E-state index in [2.05, 4.69) is 10.0 Å². The lowest BCUT2D eigenvalue weighted by atomic mass is 10.2. The van der Waals surface area contributed by atoms with Crippen molar-refractivity contribution < 1.29 is 13.2 Å². The van der Waals surface area contributed by atoms with Crippen LogP contribution in [0.15, 0.2) is 29.2 Å². The molecule has 0 saturated heterocycles. The molecule has 2 N–H and O–H groups in total. The normalized spacial score (nSPS) is 16.9. The smallest absolute Gasteiger partial charge is 0.242 e. The Hall–Kier alpha value is -1.11. The molecule has 1 aliphatic carbocycles. The summed E-state index contributed by atoms with van der Waals surface area (Å²) >= 11 is 0. The number of anilines is 1. The number of methoxy groups -OCH3 is 1. The molecule has 2 rings (SSSR count). The van der Waals surface area contributed by atoms with Crippen molar-refractivity contribution in [1.29, 1.82) is 0 Å². The molecule has 0 heterocycles. The Morgan fingerprint density at radius 1 is 1.35 bits per heavy atom. The van der Waals surface area contributed by atoms with Gasteiger partial charge in [-0.15, -0.1) is 0 Å². The quantitative estimate of drug-likeness (QED) is 0.770. The number of ether oxygens (including phenoxy) is 1. The fraction of sp³-hybridized carbons (Fsp3) is 0.571. The zero-order valence-corrected chi connectivity index (χ0v) is 12.7. The van der Waals surface area contributed by atoms with Gasteiger partial charge in [-0.2, -0.15) is 0 Å². The van der Waals surface area contributed by atoms with E-state index in [1.807, 2.05) is 13.0 Å². The average molecular weight is 298 g/mol. The van der Waals surface area contributed by atoms with Crippen LogP contribution >= 0.6 is 0 Å². The zero-order valence-electron chi connectivity index (χ0n) is 11.9. The summed E-state index contributed by atoms with van der Waals surface area (Å²) in [7, 11) is -1.78. The first-order chi connectivity index (χ1) is 9.53. The maximum atomic E-state index is 12.3. The summed E-state index contributed by atoms with van der Waals surface area (Å²) < 4.78 is 32.4. The number of sulfonamides is 1. The number of nitrogens with one attached hydrogen (secondary N) is 2. The Kier molecular flexibility index (Phi) is 5.01. The molecule has 1 aromatic carbocycles. The van der Waals surface area contributed by atoms with Gasteiger partial charge in [0.2, 0.25) is 10.0 Å². The summed E-state index contributed by atoms with van der Waals surface area (Å²) in [4.78, 5) is 0.316. The van der Waals surface area contributed by atoms with Crippen LogP contribution in [0.1, 0.15) is 26.2 Å². The summed E-state index contributed by atoms with van der Waals surface area (Å²) in [6, 6.07) is 7.26. The van der Waals surface area contributed by atoms with Crippen LogP contribution in [0.5, 0.6) is 0 Å². The molecule has 1 fully saturated rings. The summed E-state index contributed by atoms with van der Waals surface area (Å²) in [6.45, 7) is 2.65. The fourth-order valence-electron chi connectivity index (χ4n) is 1.94. The van der Waals surface area contributed by atoms with E-state index in [4.69, 9.17) is 4.74 Å². The molecule has 1 atom stereocenters. The molecule has 1 saturated carbocycles. The van der Waals surface area contributed by atoms with Gasteiger partial charge in [0.25, 0.3) is 0 Å². The van der Waals surface area contributed by atoms with Crippen molar-refractivity contribution in [2.24, 2.45) is 0 Å². The highest BCUT2D eigenvalue weighted by Gasteiger charge is 2.29. The highest BCUT2D eigenvalue weighted by atomic mass is 32.2. The Bertz CT molecular complexity index is 541. The van der Waals surface area contributed by atoms with Crippen molar-refractivity contribution in [2.45, 2.75) is 43.2 Å². The molecule has 20 heavy (non-hydrogen) atoms. The molecule has 1 aromatic rings. The molecule has 1 aliphatic rings. The van der Waals surface area contributed by atoms with Gasteiger partial charge in [-0.3, -0.25) is 0 Å². The third-order valence-corrected chi connectivity index (χ3v) is 4.81. The predicted molar refractivity (Wildman–Crippen MR) is 79.4 cm³/mol. The third kappa shape index (κ3) is 4.19. The Morgan fingerprint density at radius 3 is 2.70 bits per heavy atom. The average Bonchev–Trinajstić information content (AvgIpc) is 3.20. The largest absolute Gasteiger partial charge is 0.385 e. The molecule has 6 heteroatoms. The molecule has 0 amide bonds. The molecule has 1 unspecified atom stereocenters. The van der Waals surface area contributed by atoms with Gasteiger partial charge in [-0.05, 0) is 38.3 Å². The van der Waals surface area contributed by atoms with E-state index in [0.29, 0.717) is 17.2 Å². The lowest BCUT2D eigenvalue weighted by molar-refractivity contribution is 0.191. The molecule has 0 aliphatic heterocycles. The van der Waals surface area contributed by atoms with Crippen LogP contribution in [0.2, 0.25) is 0 Å². The minimum Gasteiger partial charge on any atom is -0.385 e. The fourth-order valence-corrected chi connectivity index (χ4v) is 3.41. The monoisotopic (exact) mass is 298 g/mol.